The largest absolute Gasteiger partial charge is 0.291 e. The number of nitrogens with zero attached hydrogens (tertiary/aromatic N) is 2. The lowest BCUT2D eigenvalue weighted by molar-refractivity contribution is -0.122. The second-order valence-electron chi connectivity index (χ2n) is 5.31. The smallest absolute Gasteiger partial charge is 0.269 e. The molecule has 0 spiro atoms. The number of aromatic amines is 1. The van der Waals surface area contributed by atoms with Gasteiger partial charge in [-0.15, -0.1) is 0 Å². The predicted octanol–water partition coefficient (Wildman–Crippen LogP) is 2.72. The Morgan fingerprint density at radius 1 is 1.08 bits per heavy atom. The van der Waals surface area contributed by atoms with E-state index >= 15 is 0 Å². The van der Waals surface area contributed by atoms with Crippen LogP contribution in [0.25, 0.3) is 11.4 Å². The lowest BCUT2D eigenvalue weighted by Gasteiger charge is -2.09. The summed E-state index contributed by atoms with van der Waals surface area (Å²) in [5, 5.41) is 7.40. The number of amides is 2. The zero-order chi connectivity index (χ0) is 18.5. The highest BCUT2D eigenvalue weighted by Gasteiger charge is 2.13. The SMILES string of the molecule is O=C(Cn1c(-c2ccc(Cl)cc2)n[nH]c1=S)NNC(=O)c1ccccc1. The monoisotopic (exact) mass is 387 g/mol. The van der Waals surface area contributed by atoms with Crippen LogP contribution in [0.5, 0.6) is 0 Å². The highest BCUT2D eigenvalue weighted by Crippen LogP contribution is 2.19. The molecule has 0 unspecified atom stereocenters. The molecule has 0 saturated carbocycles. The van der Waals surface area contributed by atoms with Crippen molar-refractivity contribution in [2.45, 2.75) is 6.54 Å². The van der Waals surface area contributed by atoms with Crippen molar-refractivity contribution in [1.29, 1.82) is 0 Å². The van der Waals surface area contributed by atoms with Crippen molar-refractivity contribution in [3.05, 3.63) is 70.0 Å². The van der Waals surface area contributed by atoms with Crippen molar-refractivity contribution in [3.8, 4) is 11.4 Å². The molecule has 3 rings (SSSR count). The van der Waals surface area contributed by atoms with Gasteiger partial charge >= 0.3 is 0 Å². The fraction of sp³-hybridized carbons (Fsp3) is 0.0588. The van der Waals surface area contributed by atoms with Gasteiger partial charge in [-0.1, -0.05) is 29.8 Å². The Kier molecular flexibility index (Phi) is 5.45. The molecule has 7 nitrogen and oxygen atoms in total. The van der Waals surface area contributed by atoms with Crippen molar-refractivity contribution in [3.63, 3.8) is 0 Å². The van der Waals surface area contributed by atoms with E-state index in [0.29, 0.717) is 21.2 Å². The molecule has 0 saturated heterocycles. The number of hydrogen-bond acceptors (Lipinski definition) is 4. The number of aromatic nitrogens is 3. The van der Waals surface area contributed by atoms with E-state index in [4.69, 9.17) is 23.8 Å². The molecule has 3 aromatic rings. The quantitative estimate of drug-likeness (QED) is 0.474. The minimum Gasteiger partial charge on any atom is -0.291 e. The summed E-state index contributed by atoms with van der Waals surface area (Å²) >= 11 is 11.1. The molecule has 3 N–H and O–H groups in total. The second kappa shape index (κ2) is 7.94. The molecule has 26 heavy (non-hydrogen) atoms. The number of hydrogen-bond donors (Lipinski definition) is 3. The molecule has 2 aromatic carbocycles. The van der Waals surface area contributed by atoms with Gasteiger partial charge < -0.3 is 0 Å². The lowest BCUT2D eigenvalue weighted by atomic mass is 10.2. The lowest BCUT2D eigenvalue weighted by Crippen LogP contribution is -2.43. The Hall–Kier alpha value is -2.97. The number of carbonyl (C=O) groups excluding carboxylic acids is 2. The maximum atomic E-state index is 12.2. The molecule has 0 aliphatic rings. The Balaban J connectivity index is 1.68. The molecule has 1 aromatic heterocycles. The molecule has 0 atom stereocenters. The van der Waals surface area contributed by atoms with Gasteiger partial charge in [-0.3, -0.25) is 30.1 Å². The zero-order valence-electron chi connectivity index (χ0n) is 13.4. The summed E-state index contributed by atoms with van der Waals surface area (Å²) < 4.78 is 1.82. The maximum absolute atomic E-state index is 12.2. The minimum atomic E-state index is -0.443. The van der Waals surface area contributed by atoms with Gasteiger partial charge in [-0.05, 0) is 48.6 Å². The van der Waals surface area contributed by atoms with E-state index in [0.717, 1.165) is 5.56 Å². The summed E-state index contributed by atoms with van der Waals surface area (Å²) in [6, 6.07) is 15.6. The van der Waals surface area contributed by atoms with Crippen molar-refractivity contribution >= 4 is 35.6 Å². The Morgan fingerprint density at radius 2 is 1.77 bits per heavy atom. The second-order valence-corrected chi connectivity index (χ2v) is 6.14. The zero-order valence-corrected chi connectivity index (χ0v) is 15.0. The first-order valence-corrected chi connectivity index (χ1v) is 8.38. The van der Waals surface area contributed by atoms with E-state index in [2.05, 4.69) is 21.0 Å². The van der Waals surface area contributed by atoms with Crippen LogP contribution in [0.4, 0.5) is 0 Å². The Labute approximate surface area is 159 Å². The third-order valence-corrected chi connectivity index (χ3v) is 4.08. The molecule has 9 heteroatoms. The number of benzene rings is 2. The van der Waals surface area contributed by atoms with Gasteiger partial charge in [0.15, 0.2) is 10.6 Å². The molecule has 2 amide bonds. The van der Waals surface area contributed by atoms with Crippen LogP contribution in [0, 0.1) is 4.77 Å². The van der Waals surface area contributed by atoms with E-state index < -0.39 is 11.8 Å². The molecule has 1 heterocycles. The summed E-state index contributed by atoms with van der Waals surface area (Å²) in [7, 11) is 0. The van der Waals surface area contributed by atoms with Crippen LogP contribution in [-0.4, -0.2) is 26.6 Å². The average Bonchev–Trinajstić information content (AvgIpc) is 3.01. The highest BCUT2D eigenvalue weighted by molar-refractivity contribution is 7.71. The summed E-state index contributed by atoms with van der Waals surface area (Å²) in [4.78, 5) is 24.1. The fourth-order valence-corrected chi connectivity index (χ4v) is 2.58. The molecular formula is C17H14ClN5O2S. The van der Waals surface area contributed by atoms with E-state index in [9.17, 15) is 9.59 Å². The first kappa shape index (κ1) is 17.8. The number of rotatable bonds is 4. The van der Waals surface area contributed by atoms with E-state index in [1.807, 2.05) is 0 Å². The van der Waals surface area contributed by atoms with Crippen LogP contribution in [0.15, 0.2) is 54.6 Å². The molecule has 0 bridgehead atoms. The molecule has 132 valence electrons. The van der Waals surface area contributed by atoms with Gasteiger partial charge in [0.05, 0.1) is 0 Å². The summed E-state index contributed by atoms with van der Waals surface area (Å²) in [5.74, 6) is -0.356. The van der Waals surface area contributed by atoms with Gasteiger partial charge in [-0.2, -0.15) is 5.10 Å². The normalized spacial score (nSPS) is 10.3. The summed E-state index contributed by atoms with van der Waals surface area (Å²) in [5.41, 5.74) is 5.92. The van der Waals surface area contributed by atoms with Crippen LogP contribution < -0.4 is 10.9 Å². The minimum absolute atomic E-state index is 0.109. The molecule has 0 aliphatic carbocycles. The van der Waals surface area contributed by atoms with Crippen molar-refractivity contribution < 1.29 is 9.59 Å². The first-order chi connectivity index (χ1) is 12.5. The molecule has 0 fully saturated rings. The van der Waals surface area contributed by atoms with Crippen molar-refractivity contribution in [1.82, 2.24) is 25.6 Å². The van der Waals surface area contributed by atoms with Crippen LogP contribution >= 0.6 is 23.8 Å². The fourth-order valence-electron chi connectivity index (χ4n) is 2.26. The van der Waals surface area contributed by atoms with Gasteiger partial charge in [0.25, 0.3) is 11.8 Å². The predicted molar refractivity (Wildman–Crippen MR) is 99.9 cm³/mol. The Morgan fingerprint density at radius 3 is 2.46 bits per heavy atom. The summed E-state index contributed by atoms with van der Waals surface area (Å²) in [6.07, 6.45) is 0. The maximum Gasteiger partial charge on any atom is 0.269 e. The Bertz CT molecular complexity index is 982. The average molecular weight is 388 g/mol. The van der Waals surface area contributed by atoms with Crippen LogP contribution in [0.3, 0.4) is 0 Å². The van der Waals surface area contributed by atoms with E-state index in [1.165, 1.54) is 4.57 Å². The van der Waals surface area contributed by atoms with E-state index in [1.54, 1.807) is 54.6 Å². The molecule has 0 radical (unpaired) electrons. The first-order valence-electron chi connectivity index (χ1n) is 7.60. The number of hydrazine groups is 1. The van der Waals surface area contributed by atoms with Crippen LogP contribution in [-0.2, 0) is 11.3 Å². The topological polar surface area (TPSA) is 91.8 Å². The third-order valence-electron chi connectivity index (χ3n) is 3.51. The standard InChI is InChI=1S/C17H14ClN5O2S/c18-13-8-6-11(7-9-13)15-20-22-17(26)23(15)10-14(24)19-21-16(25)12-4-2-1-3-5-12/h1-9H,10H2,(H,19,24)(H,21,25)(H,22,26). The highest BCUT2D eigenvalue weighted by atomic mass is 35.5. The number of carbonyl (C=O) groups is 2. The number of halogens is 1. The molecule has 0 aliphatic heterocycles. The van der Waals surface area contributed by atoms with Crippen molar-refractivity contribution in [2.75, 3.05) is 0 Å². The van der Waals surface area contributed by atoms with E-state index in [-0.39, 0.29) is 6.54 Å². The third kappa shape index (κ3) is 4.16. The van der Waals surface area contributed by atoms with Crippen LogP contribution in [0.2, 0.25) is 5.02 Å². The van der Waals surface area contributed by atoms with Gasteiger partial charge in [0.2, 0.25) is 0 Å². The van der Waals surface area contributed by atoms with Crippen molar-refractivity contribution in [2.24, 2.45) is 0 Å². The van der Waals surface area contributed by atoms with Gasteiger partial charge in [-0.25, -0.2) is 0 Å². The summed E-state index contributed by atoms with van der Waals surface area (Å²) in [6.45, 7) is -0.109. The molecular weight excluding hydrogens is 374 g/mol. The van der Waals surface area contributed by atoms with Gasteiger partial charge in [0.1, 0.15) is 6.54 Å². The van der Waals surface area contributed by atoms with Gasteiger partial charge in [0, 0.05) is 16.1 Å². The number of nitrogens with one attached hydrogen (secondary N) is 3. The number of H-pyrrole nitrogens is 1. The van der Waals surface area contributed by atoms with Crippen LogP contribution in [0.1, 0.15) is 10.4 Å².